The van der Waals surface area contributed by atoms with Crippen molar-refractivity contribution in [1.29, 1.82) is 0 Å². The Bertz CT molecular complexity index is 1270. The van der Waals surface area contributed by atoms with Crippen LogP contribution in [0.2, 0.25) is 5.02 Å². The first kappa shape index (κ1) is 22.1. The van der Waals surface area contributed by atoms with E-state index in [4.69, 9.17) is 21.3 Å². The number of nitrogens with zero attached hydrogens (tertiary/aromatic N) is 2. The second kappa shape index (κ2) is 10.1. The summed E-state index contributed by atoms with van der Waals surface area (Å²) < 4.78 is 5.58. The zero-order valence-corrected chi connectivity index (χ0v) is 19.3. The van der Waals surface area contributed by atoms with Crippen molar-refractivity contribution in [2.45, 2.75) is 0 Å². The van der Waals surface area contributed by atoms with Crippen LogP contribution < -0.4 is 10.2 Å². The van der Waals surface area contributed by atoms with E-state index in [9.17, 15) is 4.79 Å². The minimum Gasteiger partial charge on any atom is -0.378 e. The molecule has 1 aliphatic heterocycles. The number of hydrogen-bond acceptors (Lipinski definition) is 4. The first-order valence-electron chi connectivity index (χ1n) is 11.2. The third-order valence-corrected chi connectivity index (χ3v) is 6.05. The highest BCUT2D eigenvalue weighted by Crippen LogP contribution is 2.36. The van der Waals surface area contributed by atoms with E-state index in [1.165, 1.54) is 0 Å². The van der Waals surface area contributed by atoms with Gasteiger partial charge in [0, 0.05) is 34.9 Å². The van der Waals surface area contributed by atoms with Gasteiger partial charge in [-0.25, -0.2) is 4.98 Å². The van der Waals surface area contributed by atoms with E-state index in [2.05, 4.69) is 10.2 Å². The molecule has 0 bridgehead atoms. The van der Waals surface area contributed by atoms with Crippen LogP contribution >= 0.6 is 11.6 Å². The molecule has 1 fully saturated rings. The number of morpholine rings is 1. The highest BCUT2D eigenvalue weighted by molar-refractivity contribution is 6.30. The van der Waals surface area contributed by atoms with Gasteiger partial charge < -0.3 is 15.0 Å². The number of halogens is 1. The normalized spacial score (nSPS) is 13.5. The molecule has 0 saturated carbocycles. The molecule has 0 spiro atoms. The molecule has 1 aliphatic rings. The SMILES string of the molecule is O=C(Nc1ccccc1)c1c(-c2ccc(Cl)cc2)cc(-c2ccccc2)nc1N1CCOCC1. The molecular weight excluding hydrogens is 446 g/mol. The van der Waals surface area contributed by atoms with Crippen LogP contribution in [-0.4, -0.2) is 37.2 Å². The molecule has 0 atom stereocenters. The molecule has 34 heavy (non-hydrogen) atoms. The molecule has 170 valence electrons. The van der Waals surface area contributed by atoms with Crippen LogP contribution in [-0.2, 0) is 4.74 Å². The van der Waals surface area contributed by atoms with Gasteiger partial charge in [-0.05, 0) is 35.9 Å². The molecule has 2 heterocycles. The predicted octanol–water partition coefficient (Wildman–Crippen LogP) is 6.16. The fourth-order valence-electron chi connectivity index (χ4n) is 4.09. The average Bonchev–Trinajstić information content (AvgIpc) is 2.90. The summed E-state index contributed by atoms with van der Waals surface area (Å²) in [5.41, 5.74) is 4.77. The maximum Gasteiger partial charge on any atom is 0.260 e. The minimum atomic E-state index is -0.204. The summed E-state index contributed by atoms with van der Waals surface area (Å²) in [5, 5.41) is 3.70. The van der Waals surface area contributed by atoms with Crippen LogP contribution in [0.5, 0.6) is 0 Å². The molecule has 0 unspecified atom stereocenters. The standard InChI is InChI=1S/C28H24ClN3O2/c29-22-13-11-20(12-14-22)24-19-25(21-7-3-1-4-8-21)31-27(32-15-17-34-18-16-32)26(24)28(33)30-23-9-5-2-6-10-23/h1-14,19H,15-18H2,(H,30,33). The third kappa shape index (κ3) is 4.81. The lowest BCUT2D eigenvalue weighted by molar-refractivity contribution is 0.102. The van der Waals surface area contributed by atoms with Gasteiger partial charge in [-0.3, -0.25) is 4.79 Å². The van der Waals surface area contributed by atoms with Crippen molar-refractivity contribution >= 4 is 29.0 Å². The topological polar surface area (TPSA) is 54.5 Å². The lowest BCUT2D eigenvalue weighted by Gasteiger charge is -2.30. The predicted molar refractivity (Wildman–Crippen MR) is 138 cm³/mol. The number of aromatic nitrogens is 1. The van der Waals surface area contributed by atoms with Crippen LogP contribution in [0.1, 0.15) is 10.4 Å². The van der Waals surface area contributed by atoms with Gasteiger partial charge in [0.15, 0.2) is 0 Å². The molecule has 4 aromatic rings. The van der Waals surface area contributed by atoms with E-state index < -0.39 is 0 Å². The fourth-order valence-corrected chi connectivity index (χ4v) is 4.21. The molecule has 5 rings (SSSR count). The van der Waals surface area contributed by atoms with E-state index in [-0.39, 0.29) is 5.91 Å². The molecule has 0 aliphatic carbocycles. The number of para-hydroxylation sites is 1. The number of carbonyl (C=O) groups excluding carboxylic acids is 1. The van der Waals surface area contributed by atoms with Gasteiger partial charge in [0.1, 0.15) is 5.82 Å². The smallest absolute Gasteiger partial charge is 0.260 e. The van der Waals surface area contributed by atoms with Crippen LogP contribution in [0.3, 0.4) is 0 Å². The van der Waals surface area contributed by atoms with Crippen LogP contribution in [0, 0.1) is 0 Å². The number of anilines is 2. The Morgan fingerprint density at radius 2 is 1.50 bits per heavy atom. The largest absolute Gasteiger partial charge is 0.378 e. The van der Waals surface area contributed by atoms with Crippen molar-refractivity contribution in [2.24, 2.45) is 0 Å². The number of carbonyl (C=O) groups is 1. The average molecular weight is 470 g/mol. The number of nitrogens with one attached hydrogen (secondary N) is 1. The van der Waals surface area contributed by atoms with E-state index in [0.717, 1.165) is 28.1 Å². The maximum absolute atomic E-state index is 13.8. The zero-order valence-electron chi connectivity index (χ0n) is 18.6. The van der Waals surface area contributed by atoms with Crippen LogP contribution in [0.15, 0.2) is 91.0 Å². The Kier molecular flexibility index (Phi) is 6.56. The second-order valence-electron chi connectivity index (χ2n) is 8.05. The Morgan fingerprint density at radius 3 is 2.18 bits per heavy atom. The Hall–Kier alpha value is -3.67. The Balaban J connectivity index is 1.71. The van der Waals surface area contributed by atoms with Crippen molar-refractivity contribution in [3.8, 4) is 22.4 Å². The van der Waals surface area contributed by atoms with Crippen LogP contribution in [0.4, 0.5) is 11.5 Å². The fraction of sp³-hybridized carbons (Fsp3) is 0.143. The first-order valence-corrected chi connectivity index (χ1v) is 11.6. The van der Waals surface area contributed by atoms with Crippen LogP contribution in [0.25, 0.3) is 22.4 Å². The van der Waals surface area contributed by atoms with Gasteiger partial charge in [0.25, 0.3) is 5.91 Å². The summed E-state index contributed by atoms with van der Waals surface area (Å²) in [6, 6.07) is 29.0. The van der Waals surface area contributed by atoms with Gasteiger partial charge in [-0.2, -0.15) is 0 Å². The first-order chi connectivity index (χ1) is 16.7. The van der Waals surface area contributed by atoms with E-state index >= 15 is 0 Å². The maximum atomic E-state index is 13.8. The summed E-state index contributed by atoms with van der Waals surface area (Å²) in [7, 11) is 0. The molecule has 0 radical (unpaired) electrons. The van der Waals surface area contributed by atoms with Gasteiger partial charge in [0.2, 0.25) is 0 Å². The minimum absolute atomic E-state index is 0.204. The van der Waals surface area contributed by atoms with Crippen molar-refractivity contribution in [3.63, 3.8) is 0 Å². The quantitative estimate of drug-likeness (QED) is 0.380. The lowest BCUT2D eigenvalue weighted by atomic mass is 9.96. The van der Waals surface area contributed by atoms with Gasteiger partial charge in [-0.1, -0.05) is 72.3 Å². The monoisotopic (exact) mass is 469 g/mol. The van der Waals surface area contributed by atoms with Crippen molar-refractivity contribution in [2.75, 3.05) is 36.5 Å². The number of ether oxygens (including phenoxy) is 1. The molecule has 1 N–H and O–H groups in total. The molecule has 3 aromatic carbocycles. The van der Waals surface area contributed by atoms with E-state index in [0.29, 0.717) is 42.7 Å². The third-order valence-electron chi connectivity index (χ3n) is 5.79. The number of pyridine rings is 1. The number of rotatable bonds is 5. The van der Waals surface area contributed by atoms with Crippen molar-refractivity contribution in [3.05, 3.63) is 102 Å². The van der Waals surface area contributed by atoms with Crippen molar-refractivity contribution < 1.29 is 9.53 Å². The highest BCUT2D eigenvalue weighted by atomic mass is 35.5. The highest BCUT2D eigenvalue weighted by Gasteiger charge is 2.26. The molecule has 1 saturated heterocycles. The summed E-state index contributed by atoms with van der Waals surface area (Å²) in [6.07, 6.45) is 0. The Labute approximate surface area is 204 Å². The number of benzene rings is 3. The van der Waals surface area contributed by atoms with Crippen molar-refractivity contribution in [1.82, 2.24) is 4.98 Å². The molecule has 1 aromatic heterocycles. The number of hydrogen-bond donors (Lipinski definition) is 1. The summed E-state index contributed by atoms with van der Waals surface area (Å²) in [6.45, 7) is 2.51. The molecule has 6 heteroatoms. The lowest BCUT2D eigenvalue weighted by Crippen LogP contribution is -2.38. The number of amides is 1. The van der Waals surface area contributed by atoms with Gasteiger partial charge >= 0.3 is 0 Å². The summed E-state index contributed by atoms with van der Waals surface area (Å²) in [5.74, 6) is 0.452. The second-order valence-corrected chi connectivity index (χ2v) is 8.48. The van der Waals surface area contributed by atoms with E-state index in [1.54, 1.807) is 0 Å². The van der Waals surface area contributed by atoms with Gasteiger partial charge in [0.05, 0.1) is 24.5 Å². The summed E-state index contributed by atoms with van der Waals surface area (Å²) in [4.78, 5) is 20.9. The molecule has 5 nitrogen and oxygen atoms in total. The summed E-state index contributed by atoms with van der Waals surface area (Å²) >= 11 is 6.18. The molecule has 1 amide bonds. The zero-order chi connectivity index (χ0) is 23.3. The van der Waals surface area contributed by atoms with Gasteiger partial charge in [-0.15, -0.1) is 0 Å². The van der Waals surface area contributed by atoms with E-state index in [1.807, 2.05) is 91.0 Å². The Morgan fingerprint density at radius 1 is 0.853 bits per heavy atom. The molecular formula is C28H24ClN3O2.